The van der Waals surface area contributed by atoms with E-state index in [2.05, 4.69) is 0 Å². The molecule has 0 radical (unpaired) electrons. The standard InChI is InChI=1S/C6H11O6P2.Cs/c1-8-14-11-4-6(5-12-14)2-9-13(7)10-3-6;/h2-5H2,1H3;/q-1;+1. The Morgan fingerprint density at radius 3 is 2.00 bits per heavy atom. The number of rotatable bonds is 1. The summed E-state index contributed by atoms with van der Waals surface area (Å²) in [7, 11) is -1.62. The summed E-state index contributed by atoms with van der Waals surface area (Å²) in [6.45, 7) is 1.59. The first-order chi connectivity index (χ1) is 6.74. The predicted molar refractivity (Wildman–Crippen MR) is 47.1 cm³/mol. The summed E-state index contributed by atoms with van der Waals surface area (Å²) < 4.78 is 25.4. The maximum absolute atomic E-state index is 10.8. The SMILES string of the molecule is COP1OCC2(COP([O-])OC2)CO1.[Cs+]. The molecule has 0 unspecified atom stereocenters. The van der Waals surface area contributed by atoms with E-state index in [0.29, 0.717) is 26.4 Å². The van der Waals surface area contributed by atoms with Gasteiger partial charge in [-0.2, -0.15) is 0 Å². The van der Waals surface area contributed by atoms with Gasteiger partial charge >= 0.3 is 77.5 Å². The Kier molecular flexibility index (Phi) is 7.66. The second-order valence-electron chi connectivity index (χ2n) is 3.22. The fourth-order valence-electron chi connectivity index (χ4n) is 1.19. The van der Waals surface area contributed by atoms with Crippen LogP contribution in [0.4, 0.5) is 0 Å². The minimum Gasteiger partial charge on any atom is -0.786 e. The van der Waals surface area contributed by atoms with E-state index < -0.39 is 17.2 Å². The molecule has 0 aliphatic carbocycles. The molecule has 1 spiro atoms. The second kappa shape index (κ2) is 7.31. The van der Waals surface area contributed by atoms with E-state index in [1.165, 1.54) is 7.11 Å². The van der Waals surface area contributed by atoms with E-state index in [0.717, 1.165) is 0 Å². The molecule has 2 aliphatic heterocycles. The molecule has 82 valence electrons. The molecule has 2 aliphatic rings. The molecule has 6 nitrogen and oxygen atoms in total. The minimum atomic E-state index is -1.94. The van der Waals surface area contributed by atoms with Gasteiger partial charge in [0.25, 0.3) is 0 Å². The predicted octanol–water partition coefficient (Wildman–Crippen LogP) is -2.47. The van der Waals surface area contributed by atoms with Gasteiger partial charge in [-0.15, -0.1) is 0 Å². The van der Waals surface area contributed by atoms with Crippen molar-refractivity contribution in [3.63, 3.8) is 0 Å². The van der Waals surface area contributed by atoms with E-state index in [4.69, 9.17) is 22.6 Å². The van der Waals surface area contributed by atoms with Gasteiger partial charge in [0.05, 0.1) is 40.4 Å². The first-order valence-electron chi connectivity index (χ1n) is 4.07. The third-order valence-electron chi connectivity index (χ3n) is 2.05. The van der Waals surface area contributed by atoms with Crippen LogP contribution in [0.15, 0.2) is 0 Å². The normalized spacial score (nSPS) is 41.2. The van der Waals surface area contributed by atoms with Crippen LogP contribution in [-0.2, 0) is 22.6 Å². The topological polar surface area (TPSA) is 69.2 Å². The van der Waals surface area contributed by atoms with Crippen molar-refractivity contribution in [1.29, 1.82) is 0 Å². The van der Waals surface area contributed by atoms with Crippen molar-refractivity contribution >= 4 is 17.2 Å². The van der Waals surface area contributed by atoms with Gasteiger partial charge < -0.3 is 27.5 Å². The molecule has 2 fully saturated rings. The first kappa shape index (κ1) is 15.7. The van der Waals surface area contributed by atoms with Crippen LogP contribution in [0.3, 0.4) is 0 Å². The molecule has 0 aromatic heterocycles. The van der Waals surface area contributed by atoms with E-state index in [1.54, 1.807) is 0 Å². The quantitative estimate of drug-likeness (QED) is 0.474. The Hall–Kier alpha value is 2.67. The van der Waals surface area contributed by atoms with Gasteiger partial charge in [-0.3, -0.25) is 0 Å². The molecule has 0 bridgehead atoms. The zero-order valence-corrected chi connectivity index (χ0v) is 16.7. The van der Waals surface area contributed by atoms with Gasteiger partial charge in [0, 0.05) is 7.11 Å². The molecule has 0 aromatic carbocycles. The fraction of sp³-hybridized carbons (Fsp3) is 1.00. The van der Waals surface area contributed by atoms with Crippen molar-refractivity contribution in [2.45, 2.75) is 0 Å². The number of hydrogen-bond donors (Lipinski definition) is 0. The van der Waals surface area contributed by atoms with Gasteiger partial charge in [0.1, 0.15) is 0 Å². The van der Waals surface area contributed by atoms with Crippen LogP contribution >= 0.6 is 17.2 Å². The van der Waals surface area contributed by atoms with Crippen LogP contribution in [0.5, 0.6) is 0 Å². The summed E-state index contributed by atoms with van der Waals surface area (Å²) in [6.07, 6.45) is 0. The van der Waals surface area contributed by atoms with Crippen LogP contribution in [0.2, 0.25) is 0 Å². The maximum atomic E-state index is 10.8. The molecule has 0 aromatic rings. The van der Waals surface area contributed by atoms with Crippen LogP contribution in [-0.4, -0.2) is 33.5 Å². The smallest absolute Gasteiger partial charge is 0.786 e. The Bertz CT molecular complexity index is 190. The summed E-state index contributed by atoms with van der Waals surface area (Å²) in [5.74, 6) is 0. The molecule has 0 atom stereocenters. The average Bonchev–Trinajstić information content (AvgIpc) is 2.24. The van der Waals surface area contributed by atoms with E-state index >= 15 is 0 Å². The summed E-state index contributed by atoms with van der Waals surface area (Å²) in [5.41, 5.74) is -0.319. The molecular weight excluding hydrogens is 363 g/mol. The van der Waals surface area contributed by atoms with Gasteiger partial charge in [-0.25, -0.2) is 0 Å². The summed E-state index contributed by atoms with van der Waals surface area (Å²) >= 11 is 0. The average molecular weight is 374 g/mol. The van der Waals surface area contributed by atoms with Crippen molar-refractivity contribution < 1.29 is 96.4 Å². The van der Waals surface area contributed by atoms with Crippen molar-refractivity contribution in [2.75, 3.05) is 33.5 Å². The molecule has 2 heterocycles. The summed E-state index contributed by atoms with van der Waals surface area (Å²) in [4.78, 5) is 10.8. The zero-order chi connectivity index (χ0) is 10.0. The monoisotopic (exact) mass is 374 g/mol. The van der Waals surface area contributed by atoms with Crippen molar-refractivity contribution in [3.8, 4) is 0 Å². The van der Waals surface area contributed by atoms with Gasteiger partial charge in [-0.1, -0.05) is 0 Å². The van der Waals surface area contributed by atoms with Gasteiger partial charge in [0.15, 0.2) is 0 Å². The fourth-order valence-corrected chi connectivity index (χ4v) is 3.07. The molecule has 9 heteroatoms. The van der Waals surface area contributed by atoms with Crippen LogP contribution in [0.1, 0.15) is 0 Å². The van der Waals surface area contributed by atoms with Crippen LogP contribution in [0.25, 0.3) is 0 Å². The third-order valence-corrected chi connectivity index (χ3v) is 3.71. The molecule has 15 heavy (non-hydrogen) atoms. The number of hydrogen-bond acceptors (Lipinski definition) is 6. The Balaban J connectivity index is 0.00000112. The minimum absolute atomic E-state index is 0. The molecule has 0 saturated carbocycles. The van der Waals surface area contributed by atoms with Crippen LogP contribution in [0, 0.1) is 5.41 Å². The molecule has 0 N–H and O–H groups in total. The van der Waals surface area contributed by atoms with Crippen molar-refractivity contribution in [2.24, 2.45) is 5.41 Å². The Labute approximate surface area is 150 Å². The van der Waals surface area contributed by atoms with E-state index in [9.17, 15) is 4.89 Å². The third kappa shape index (κ3) is 4.37. The second-order valence-corrected chi connectivity index (χ2v) is 5.52. The zero-order valence-electron chi connectivity index (χ0n) is 8.67. The largest absolute Gasteiger partial charge is 1.00 e. The van der Waals surface area contributed by atoms with E-state index in [-0.39, 0.29) is 74.3 Å². The molecule has 2 saturated heterocycles. The summed E-state index contributed by atoms with van der Waals surface area (Å²) in [6, 6.07) is 0. The molecular formula is C6H11CsO6P2. The maximum Gasteiger partial charge on any atom is 1.00 e. The van der Waals surface area contributed by atoms with Crippen molar-refractivity contribution in [3.05, 3.63) is 0 Å². The molecule has 0 amide bonds. The van der Waals surface area contributed by atoms with E-state index in [1.807, 2.05) is 0 Å². The van der Waals surface area contributed by atoms with Gasteiger partial charge in [-0.05, 0) is 0 Å². The summed E-state index contributed by atoms with van der Waals surface area (Å²) in [5, 5.41) is 0. The Morgan fingerprint density at radius 1 is 1.07 bits per heavy atom. The van der Waals surface area contributed by atoms with Crippen LogP contribution < -0.4 is 73.8 Å². The van der Waals surface area contributed by atoms with Crippen molar-refractivity contribution in [1.82, 2.24) is 0 Å². The molecule has 2 rings (SSSR count). The first-order valence-corrected chi connectivity index (χ1v) is 6.26. The Morgan fingerprint density at radius 2 is 1.53 bits per heavy atom. The van der Waals surface area contributed by atoms with Gasteiger partial charge in [0.2, 0.25) is 0 Å².